The van der Waals surface area contributed by atoms with E-state index in [4.69, 9.17) is 0 Å². The van der Waals surface area contributed by atoms with Crippen LogP contribution in [0.3, 0.4) is 0 Å². The van der Waals surface area contributed by atoms with Gasteiger partial charge >= 0.3 is 12.1 Å². The Hall–Kier alpha value is -1.43. The fourth-order valence-corrected chi connectivity index (χ4v) is 1.31. The van der Waals surface area contributed by atoms with Gasteiger partial charge in [-0.25, -0.2) is 0 Å². The minimum Gasteiger partial charge on any atom is -0.370 e. The summed E-state index contributed by atoms with van der Waals surface area (Å²) in [4.78, 5) is 0. The highest BCUT2D eigenvalue weighted by atomic mass is 19.4. The van der Waals surface area contributed by atoms with Gasteiger partial charge in [-0.2, -0.15) is 22.0 Å². The van der Waals surface area contributed by atoms with E-state index >= 15 is 0 Å². The van der Waals surface area contributed by atoms with Crippen molar-refractivity contribution in [2.45, 2.75) is 25.6 Å². The molecule has 1 rings (SSSR count). The number of alkyl halides is 5. The van der Waals surface area contributed by atoms with Crippen LogP contribution >= 0.6 is 0 Å². The molecule has 0 spiro atoms. The van der Waals surface area contributed by atoms with Crippen molar-refractivity contribution < 1.29 is 26.7 Å². The highest BCUT2D eigenvalue weighted by Crippen LogP contribution is 2.35. The van der Waals surface area contributed by atoms with E-state index < -0.39 is 18.7 Å². The van der Waals surface area contributed by atoms with Crippen LogP contribution in [0.5, 0.6) is 0 Å². The number of ether oxygens (including phenoxy) is 1. The topological polar surface area (TPSA) is 9.23 Å². The van der Waals surface area contributed by atoms with Gasteiger partial charge in [0.15, 0.2) is 0 Å². The molecule has 0 amide bonds. The lowest BCUT2D eigenvalue weighted by atomic mass is 10.1. The van der Waals surface area contributed by atoms with Gasteiger partial charge in [0.25, 0.3) is 0 Å². The zero-order valence-corrected chi connectivity index (χ0v) is 10.2. The normalized spacial score (nSPS) is 12.5. The van der Waals surface area contributed by atoms with Gasteiger partial charge in [0.05, 0.1) is 6.61 Å². The summed E-state index contributed by atoms with van der Waals surface area (Å²) in [5.41, 5.74) is 2.06. The molecule has 106 valence electrons. The van der Waals surface area contributed by atoms with Crippen LogP contribution in [0.2, 0.25) is 0 Å². The number of rotatable bonds is 5. The molecule has 0 aromatic heterocycles. The predicted octanol–water partition coefficient (Wildman–Crippen LogP) is 4.43. The molecule has 0 saturated carbocycles. The van der Waals surface area contributed by atoms with Crippen LogP contribution < -0.4 is 0 Å². The van der Waals surface area contributed by atoms with Gasteiger partial charge in [0.1, 0.15) is 6.61 Å². The Kier molecular flexibility index (Phi) is 4.68. The summed E-state index contributed by atoms with van der Waals surface area (Å²) in [5.74, 6) is -4.83. The van der Waals surface area contributed by atoms with Crippen LogP contribution in [0.4, 0.5) is 22.0 Å². The Morgan fingerprint density at radius 2 is 1.84 bits per heavy atom. The van der Waals surface area contributed by atoms with E-state index in [0.29, 0.717) is 5.56 Å². The standard InChI is InChI=1S/C13H13F5O/c1-9(2)11-5-3-4-10(6-11)7-19-8-12(14,15)13(16,17)18/h3-6H,1,7-8H2,2H3. The van der Waals surface area contributed by atoms with Crippen LogP contribution in [0.25, 0.3) is 5.57 Å². The summed E-state index contributed by atoms with van der Waals surface area (Å²) in [6.07, 6.45) is -5.59. The Balaban J connectivity index is 2.59. The average Bonchev–Trinajstić information content (AvgIpc) is 2.27. The summed E-state index contributed by atoms with van der Waals surface area (Å²) in [6.45, 7) is 3.47. The molecule has 0 atom stereocenters. The second-order valence-corrected chi connectivity index (χ2v) is 4.18. The number of benzene rings is 1. The maximum atomic E-state index is 12.6. The summed E-state index contributed by atoms with van der Waals surface area (Å²) < 4.78 is 65.3. The van der Waals surface area contributed by atoms with Gasteiger partial charge in [0, 0.05) is 0 Å². The van der Waals surface area contributed by atoms with Crippen molar-refractivity contribution in [3.05, 3.63) is 42.0 Å². The van der Waals surface area contributed by atoms with Gasteiger partial charge in [-0.1, -0.05) is 30.4 Å². The molecule has 19 heavy (non-hydrogen) atoms. The fourth-order valence-electron chi connectivity index (χ4n) is 1.31. The third-order valence-corrected chi connectivity index (χ3v) is 2.39. The first-order valence-corrected chi connectivity index (χ1v) is 5.40. The molecule has 0 N–H and O–H groups in total. The lowest BCUT2D eigenvalue weighted by Gasteiger charge is -2.19. The summed E-state index contributed by atoms with van der Waals surface area (Å²) in [6, 6.07) is 6.63. The van der Waals surface area contributed by atoms with Crippen molar-refractivity contribution in [1.29, 1.82) is 0 Å². The third-order valence-electron chi connectivity index (χ3n) is 2.39. The molecule has 6 heteroatoms. The van der Waals surface area contributed by atoms with E-state index in [0.717, 1.165) is 11.1 Å². The molecule has 0 aliphatic rings. The number of allylic oxidation sites excluding steroid dienone is 1. The first kappa shape index (κ1) is 15.6. The molecule has 1 nitrogen and oxygen atoms in total. The van der Waals surface area contributed by atoms with Gasteiger partial charge in [-0.15, -0.1) is 0 Å². The quantitative estimate of drug-likeness (QED) is 0.725. The van der Waals surface area contributed by atoms with Crippen molar-refractivity contribution in [1.82, 2.24) is 0 Å². The van der Waals surface area contributed by atoms with Crippen LogP contribution in [-0.2, 0) is 11.3 Å². The van der Waals surface area contributed by atoms with Crippen molar-refractivity contribution in [3.8, 4) is 0 Å². The molecular weight excluding hydrogens is 267 g/mol. The van der Waals surface area contributed by atoms with E-state index in [1.807, 2.05) is 0 Å². The van der Waals surface area contributed by atoms with E-state index in [2.05, 4.69) is 11.3 Å². The van der Waals surface area contributed by atoms with E-state index in [9.17, 15) is 22.0 Å². The lowest BCUT2D eigenvalue weighted by molar-refractivity contribution is -0.297. The molecule has 0 radical (unpaired) electrons. The van der Waals surface area contributed by atoms with Crippen LogP contribution in [-0.4, -0.2) is 18.7 Å². The molecular formula is C13H13F5O. The molecule has 0 aliphatic heterocycles. The lowest BCUT2D eigenvalue weighted by Crippen LogP contribution is -2.40. The molecule has 0 bridgehead atoms. The van der Waals surface area contributed by atoms with Crippen molar-refractivity contribution >= 4 is 5.57 Å². The molecule has 0 aliphatic carbocycles. The minimum absolute atomic E-state index is 0.313. The molecule has 1 aromatic carbocycles. The monoisotopic (exact) mass is 280 g/mol. The smallest absolute Gasteiger partial charge is 0.370 e. The Morgan fingerprint density at radius 1 is 1.21 bits per heavy atom. The van der Waals surface area contributed by atoms with Gasteiger partial charge in [-0.3, -0.25) is 0 Å². The predicted molar refractivity (Wildman–Crippen MR) is 61.8 cm³/mol. The Bertz CT molecular complexity index is 451. The van der Waals surface area contributed by atoms with Gasteiger partial charge < -0.3 is 4.74 Å². The van der Waals surface area contributed by atoms with Crippen molar-refractivity contribution in [2.24, 2.45) is 0 Å². The van der Waals surface area contributed by atoms with Gasteiger partial charge in [-0.05, 0) is 24.1 Å². The second kappa shape index (κ2) is 5.69. The number of hydrogen-bond acceptors (Lipinski definition) is 1. The first-order chi connectivity index (χ1) is 8.63. The first-order valence-electron chi connectivity index (χ1n) is 5.40. The molecule has 0 saturated heterocycles. The average molecular weight is 280 g/mol. The second-order valence-electron chi connectivity index (χ2n) is 4.18. The van der Waals surface area contributed by atoms with E-state index in [1.54, 1.807) is 31.2 Å². The zero-order chi connectivity index (χ0) is 14.7. The van der Waals surface area contributed by atoms with Crippen LogP contribution in [0.1, 0.15) is 18.1 Å². The molecule has 1 aromatic rings. The Labute approximate surface area is 107 Å². The fraction of sp³-hybridized carbons (Fsp3) is 0.385. The zero-order valence-electron chi connectivity index (χ0n) is 10.2. The third kappa shape index (κ3) is 4.31. The van der Waals surface area contributed by atoms with Crippen molar-refractivity contribution in [3.63, 3.8) is 0 Å². The number of halogens is 5. The summed E-state index contributed by atoms with van der Waals surface area (Å²) >= 11 is 0. The van der Waals surface area contributed by atoms with Crippen LogP contribution in [0, 0.1) is 0 Å². The minimum atomic E-state index is -5.59. The van der Waals surface area contributed by atoms with Gasteiger partial charge in [0.2, 0.25) is 0 Å². The maximum absolute atomic E-state index is 12.6. The molecule has 0 unspecified atom stereocenters. The largest absolute Gasteiger partial charge is 0.455 e. The maximum Gasteiger partial charge on any atom is 0.455 e. The van der Waals surface area contributed by atoms with Crippen LogP contribution in [0.15, 0.2) is 30.8 Å². The molecule has 0 fully saturated rings. The summed E-state index contributed by atoms with van der Waals surface area (Å²) in [5, 5.41) is 0. The molecule has 0 heterocycles. The Morgan fingerprint density at radius 3 is 2.37 bits per heavy atom. The highest BCUT2D eigenvalue weighted by molar-refractivity contribution is 5.61. The summed E-state index contributed by atoms with van der Waals surface area (Å²) in [7, 11) is 0. The highest BCUT2D eigenvalue weighted by Gasteiger charge is 2.57. The van der Waals surface area contributed by atoms with E-state index in [-0.39, 0.29) is 6.61 Å². The number of hydrogen-bond donors (Lipinski definition) is 0. The van der Waals surface area contributed by atoms with Crippen molar-refractivity contribution in [2.75, 3.05) is 6.61 Å². The SMILES string of the molecule is C=C(C)c1cccc(COCC(F)(F)C(F)(F)F)c1. The van der Waals surface area contributed by atoms with E-state index in [1.165, 1.54) is 0 Å².